The highest BCUT2D eigenvalue weighted by Crippen LogP contribution is 2.27. The van der Waals surface area contributed by atoms with Crippen LogP contribution in [-0.2, 0) is 4.79 Å². The number of carbonyl (C=O) groups excluding carboxylic acids is 1. The second kappa shape index (κ2) is 8.34. The summed E-state index contributed by atoms with van der Waals surface area (Å²) < 4.78 is 11.9. The molecule has 4 rings (SSSR count). The number of fused-ring (bicyclic) bond motifs is 1. The van der Waals surface area contributed by atoms with Gasteiger partial charge in [0.25, 0.3) is 5.91 Å². The minimum absolute atomic E-state index is 0.183. The molecular weight excluding hydrogens is 350 g/mol. The topological polar surface area (TPSA) is 47.6 Å². The first-order chi connectivity index (χ1) is 13.7. The van der Waals surface area contributed by atoms with Crippen LogP contribution >= 0.6 is 0 Å². The van der Waals surface area contributed by atoms with Crippen molar-refractivity contribution in [2.45, 2.75) is 44.8 Å². The lowest BCUT2D eigenvalue weighted by atomic mass is 10.1. The molecule has 3 aromatic carbocycles. The predicted molar refractivity (Wildman–Crippen MR) is 112 cm³/mol. The van der Waals surface area contributed by atoms with Crippen LogP contribution in [0.5, 0.6) is 11.5 Å². The van der Waals surface area contributed by atoms with Crippen LogP contribution in [0.2, 0.25) is 0 Å². The standard InChI is InChI=1S/C24H25NO3/c1-17(27-23-12-6-8-18-7-2-5-11-22(18)23)24(26)25-19-13-15-21(16-14-19)28-20-9-3-4-10-20/h2,5-8,11-17,20H,3-4,9-10H2,1H3,(H,25,26)/t17-/m0/s1. The number of ether oxygens (including phenoxy) is 2. The Morgan fingerprint density at radius 3 is 2.46 bits per heavy atom. The first-order valence-electron chi connectivity index (χ1n) is 9.91. The maximum atomic E-state index is 12.5. The van der Waals surface area contributed by atoms with Crippen LogP contribution in [0.15, 0.2) is 66.7 Å². The average molecular weight is 375 g/mol. The van der Waals surface area contributed by atoms with Gasteiger partial charge in [-0.1, -0.05) is 36.4 Å². The van der Waals surface area contributed by atoms with E-state index in [-0.39, 0.29) is 5.91 Å². The van der Waals surface area contributed by atoms with Crippen LogP contribution in [-0.4, -0.2) is 18.1 Å². The lowest BCUT2D eigenvalue weighted by Crippen LogP contribution is -2.30. The fourth-order valence-electron chi connectivity index (χ4n) is 3.60. The van der Waals surface area contributed by atoms with Crippen molar-refractivity contribution in [2.24, 2.45) is 0 Å². The summed E-state index contributed by atoms with van der Waals surface area (Å²) >= 11 is 0. The number of carbonyl (C=O) groups is 1. The Balaban J connectivity index is 1.37. The highest BCUT2D eigenvalue weighted by Gasteiger charge is 2.18. The molecule has 4 nitrogen and oxygen atoms in total. The Kier molecular flexibility index (Phi) is 5.47. The van der Waals surface area contributed by atoms with E-state index in [1.54, 1.807) is 6.92 Å². The molecule has 0 aromatic heterocycles. The summed E-state index contributed by atoms with van der Waals surface area (Å²) in [6, 6.07) is 21.4. The van der Waals surface area contributed by atoms with Crippen LogP contribution in [0.1, 0.15) is 32.6 Å². The quantitative estimate of drug-likeness (QED) is 0.613. The lowest BCUT2D eigenvalue weighted by Gasteiger charge is -2.17. The summed E-state index contributed by atoms with van der Waals surface area (Å²) in [5.41, 5.74) is 0.733. The number of benzene rings is 3. The molecule has 1 aliphatic carbocycles. The van der Waals surface area contributed by atoms with Gasteiger partial charge in [-0.05, 0) is 68.3 Å². The second-order valence-corrected chi connectivity index (χ2v) is 7.28. The molecule has 1 N–H and O–H groups in total. The minimum atomic E-state index is -0.611. The molecule has 1 atom stereocenters. The van der Waals surface area contributed by atoms with E-state index in [1.807, 2.05) is 66.7 Å². The average Bonchev–Trinajstić information content (AvgIpc) is 3.23. The molecule has 3 aromatic rings. The second-order valence-electron chi connectivity index (χ2n) is 7.28. The van der Waals surface area contributed by atoms with Crippen molar-refractivity contribution in [3.8, 4) is 11.5 Å². The Morgan fingerprint density at radius 1 is 0.964 bits per heavy atom. The molecule has 0 unspecified atom stereocenters. The van der Waals surface area contributed by atoms with Crippen molar-refractivity contribution in [1.29, 1.82) is 0 Å². The molecule has 4 heteroatoms. The third-order valence-electron chi connectivity index (χ3n) is 5.15. The smallest absolute Gasteiger partial charge is 0.265 e. The summed E-state index contributed by atoms with van der Waals surface area (Å²) in [7, 11) is 0. The van der Waals surface area contributed by atoms with Gasteiger partial charge < -0.3 is 14.8 Å². The number of nitrogens with one attached hydrogen (secondary N) is 1. The number of hydrogen-bond acceptors (Lipinski definition) is 3. The van der Waals surface area contributed by atoms with Gasteiger partial charge in [-0.2, -0.15) is 0 Å². The van der Waals surface area contributed by atoms with Gasteiger partial charge in [-0.25, -0.2) is 0 Å². The van der Waals surface area contributed by atoms with E-state index in [4.69, 9.17) is 9.47 Å². The van der Waals surface area contributed by atoms with E-state index in [2.05, 4.69) is 5.32 Å². The predicted octanol–water partition coefficient (Wildman–Crippen LogP) is 5.57. The first-order valence-corrected chi connectivity index (χ1v) is 9.91. The third-order valence-corrected chi connectivity index (χ3v) is 5.15. The van der Waals surface area contributed by atoms with Crippen molar-refractivity contribution in [1.82, 2.24) is 0 Å². The van der Waals surface area contributed by atoms with Gasteiger partial charge >= 0.3 is 0 Å². The van der Waals surface area contributed by atoms with E-state index in [0.717, 1.165) is 35.1 Å². The summed E-state index contributed by atoms with van der Waals surface area (Å²) in [4.78, 5) is 12.5. The molecule has 0 saturated heterocycles. The highest BCUT2D eigenvalue weighted by atomic mass is 16.5. The van der Waals surface area contributed by atoms with Crippen molar-refractivity contribution in [3.63, 3.8) is 0 Å². The van der Waals surface area contributed by atoms with Gasteiger partial charge in [0, 0.05) is 11.1 Å². The zero-order valence-corrected chi connectivity index (χ0v) is 16.1. The largest absolute Gasteiger partial charge is 0.490 e. The molecule has 1 saturated carbocycles. The Morgan fingerprint density at radius 2 is 1.68 bits per heavy atom. The van der Waals surface area contributed by atoms with E-state index in [9.17, 15) is 4.79 Å². The molecule has 1 fully saturated rings. The maximum absolute atomic E-state index is 12.5. The molecule has 0 radical (unpaired) electrons. The summed E-state index contributed by atoms with van der Waals surface area (Å²) in [6.07, 6.45) is 4.46. The number of amides is 1. The van der Waals surface area contributed by atoms with E-state index in [1.165, 1.54) is 12.8 Å². The molecular formula is C24H25NO3. The van der Waals surface area contributed by atoms with E-state index in [0.29, 0.717) is 11.9 Å². The summed E-state index contributed by atoms with van der Waals surface area (Å²) in [5.74, 6) is 1.38. The molecule has 1 aliphatic rings. The van der Waals surface area contributed by atoms with Crippen molar-refractivity contribution in [2.75, 3.05) is 5.32 Å². The molecule has 1 amide bonds. The SMILES string of the molecule is C[C@H](Oc1cccc2ccccc12)C(=O)Nc1ccc(OC2CCCC2)cc1. The van der Waals surface area contributed by atoms with Crippen molar-refractivity contribution in [3.05, 3.63) is 66.7 Å². The zero-order chi connectivity index (χ0) is 19.3. The number of hydrogen-bond donors (Lipinski definition) is 1. The lowest BCUT2D eigenvalue weighted by molar-refractivity contribution is -0.122. The van der Waals surface area contributed by atoms with Gasteiger partial charge in [0.05, 0.1) is 6.10 Å². The zero-order valence-electron chi connectivity index (χ0n) is 16.1. The first kappa shape index (κ1) is 18.4. The van der Waals surface area contributed by atoms with Gasteiger partial charge in [-0.15, -0.1) is 0 Å². The van der Waals surface area contributed by atoms with Crippen LogP contribution in [0.3, 0.4) is 0 Å². The highest BCUT2D eigenvalue weighted by molar-refractivity contribution is 5.95. The molecule has 0 bridgehead atoms. The fourth-order valence-corrected chi connectivity index (χ4v) is 3.60. The van der Waals surface area contributed by atoms with E-state index >= 15 is 0 Å². The van der Waals surface area contributed by atoms with Gasteiger partial charge in [0.2, 0.25) is 0 Å². The van der Waals surface area contributed by atoms with Gasteiger partial charge in [0.1, 0.15) is 11.5 Å². The fraction of sp³-hybridized carbons (Fsp3) is 0.292. The summed E-state index contributed by atoms with van der Waals surface area (Å²) in [5, 5.41) is 5.00. The van der Waals surface area contributed by atoms with Gasteiger partial charge in [0.15, 0.2) is 6.10 Å². The normalized spacial score (nSPS) is 15.3. The van der Waals surface area contributed by atoms with Crippen LogP contribution in [0, 0.1) is 0 Å². The molecule has 144 valence electrons. The molecule has 0 spiro atoms. The van der Waals surface area contributed by atoms with Crippen molar-refractivity contribution < 1.29 is 14.3 Å². The number of rotatable bonds is 6. The molecule has 0 heterocycles. The monoisotopic (exact) mass is 375 g/mol. The maximum Gasteiger partial charge on any atom is 0.265 e. The molecule has 0 aliphatic heterocycles. The van der Waals surface area contributed by atoms with E-state index < -0.39 is 6.10 Å². The van der Waals surface area contributed by atoms with Gasteiger partial charge in [-0.3, -0.25) is 4.79 Å². The van der Waals surface area contributed by atoms with Crippen LogP contribution in [0.25, 0.3) is 10.8 Å². The van der Waals surface area contributed by atoms with Crippen molar-refractivity contribution >= 4 is 22.4 Å². The van der Waals surface area contributed by atoms with Crippen LogP contribution in [0.4, 0.5) is 5.69 Å². The summed E-state index contributed by atoms with van der Waals surface area (Å²) in [6.45, 7) is 1.76. The Labute approximate surface area is 165 Å². The Hall–Kier alpha value is -3.01. The number of anilines is 1. The third kappa shape index (κ3) is 4.28. The minimum Gasteiger partial charge on any atom is -0.490 e. The van der Waals surface area contributed by atoms with Crippen LogP contribution < -0.4 is 14.8 Å². The Bertz CT molecular complexity index is 940. The molecule has 28 heavy (non-hydrogen) atoms.